The molecule has 1 saturated carbocycles. The van der Waals surface area contributed by atoms with Gasteiger partial charge in [0, 0.05) is 19.6 Å². The zero-order valence-electron chi connectivity index (χ0n) is 16.3. The van der Waals surface area contributed by atoms with Gasteiger partial charge in [-0.2, -0.15) is 0 Å². The van der Waals surface area contributed by atoms with Crippen molar-refractivity contribution in [2.75, 3.05) is 26.7 Å². The minimum absolute atomic E-state index is 0.166. The number of hydroxylamine groups is 1. The largest absolute Gasteiger partial charge is 0.453 e. The zero-order chi connectivity index (χ0) is 20.6. The third kappa shape index (κ3) is 3.60. The summed E-state index contributed by atoms with van der Waals surface area (Å²) in [4.78, 5) is 41.4. The highest BCUT2D eigenvalue weighted by molar-refractivity contribution is 5.94. The van der Waals surface area contributed by atoms with Gasteiger partial charge in [-0.3, -0.25) is 19.7 Å². The topological polar surface area (TPSA) is 99.2 Å². The molecule has 3 aliphatic rings. The lowest BCUT2D eigenvalue weighted by molar-refractivity contribution is -0.149. The van der Waals surface area contributed by atoms with Gasteiger partial charge < -0.3 is 9.64 Å². The van der Waals surface area contributed by atoms with Crippen molar-refractivity contribution in [1.29, 1.82) is 0 Å². The summed E-state index contributed by atoms with van der Waals surface area (Å²) < 4.78 is 4.92. The second-order valence-corrected chi connectivity index (χ2v) is 8.14. The Labute approximate surface area is 169 Å². The number of hydrogen-bond acceptors (Lipinski definition) is 5. The Morgan fingerprint density at radius 1 is 1.21 bits per heavy atom. The average Bonchev–Trinajstić information content (AvgIpc) is 3.31. The van der Waals surface area contributed by atoms with Crippen molar-refractivity contribution < 1.29 is 24.3 Å². The molecule has 8 nitrogen and oxygen atoms in total. The van der Waals surface area contributed by atoms with Crippen LogP contribution in [0.25, 0.3) is 5.57 Å². The minimum Gasteiger partial charge on any atom is -0.453 e. The molecular weight excluding hydrogens is 374 g/mol. The molecule has 2 fully saturated rings. The molecule has 2 unspecified atom stereocenters. The maximum atomic E-state index is 13.5. The fourth-order valence-electron chi connectivity index (χ4n) is 4.55. The molecule has 0 radical (unpaired) electrons. The van der Waals surface area contributed by atoms with Crippen LogP contribution in [0, 0.1) is 11.3 Å². The van der Waals surface area contributed by atoms with Crippen LogP contribution >= 0.6 is 0 Å². The fourth-order valence-corrected chi connectivity index (χ4v) is 4.55. The van der Waals surface area contributed by atoms with Gasteiger partial charge in [-0.1, -0.05) is 36.4 Å². The van der Waals surface area contributed by atoms with Crippen LogP contribution in [0.5, 0.6) is 0 Å². The average molecular weight is 399 g/mol. The summed E-state index contributed by atoms with van der Waals surface area (Å²) in [5, 5.41) is 9.25. The lowest BCUT2D eigenvalue weighted by Crippen LogP contribution is -2.61. The van der Waals surface area contributed by atoms with Gasteiger partial charge in [0.15, 0.2) is 0 Å². The number of ether oxygens (including phenoxy) is 1. The minimum atomic E-state index is -0.996. The van der Waals surface area contributed by atoms with E-state index in [1.807, 2.05) is 36.4 Å². The molecule has 1 aromatic rings. The molecule has 1 aromatic carbocycles. The van der Waals surface area contributed by atoms with Gasteiger partial charge in [-0.15, -0.1) is 0 Å². The Morgan fingerprint density at radius 3 is 2.55 bits per heavy atom. The van der Waals surface area contributed by atoms with Crippen LogP contribution in [0.1, 0.15) is 24.8 Å². The van der Waals surface area contributed by atoms with Gasteiger partial charge in [0.25, 0.3) is 0 Å². The Morgan fingerprint density at radius 2 is 1.93 bits per heavy atom. The summed E-state index contributed by atoms with van der Waals surface area (Å²) in [6, 6.07) is 8.79. The molecule has 4 rings (SSSR count). The summed E-state index contributed by atoms with van der Waals surface area (Å²) >= 11 is 0. The highest BCUT2D eigenvalue weighted by Gasteiger charge is 2.57. The lowest BCUT2D eigenvalue weighted by Gasteiger charge is -2.43. The molecule has 2 aliphatic heterocycles. The predicted molar refractivity (Wildman–Crippen MR) is 104 cm³/mol. The van der Waals surface area contributed by atoms with Crippen LogP contribution in [0.3, 0.4) is 0 Å². The van der Waals surface area contributed by atoms with Crippen molar-refractivity contribution in [3.63, 3.8) is 0 Å². The van der Waals surface area contributed by atoms with E-state index in [-0.39, 0.29) is 11.3 Å². The number of nitrogens with zero attached hydrogens (tertiary/aromatic N) is 2. The smallest absolute Gasteiger partial charge is 0.410 e. The number of carbonyl (C=O) groups is 3. The van der Waals surface area contributed by atoms with E-state index in [0.717, 1.165) is 24.0 Å². The van der Waals surface area contributed by atoms with Crippen molar-refractivity contribution >= 4 is 23.5 Å². The molecule has 0 aromatic heterocycles. The normalized spacial score (nSPS) is 24.8. The maximum Gasteiger partial charge on any atom is 0.410 e. The van der Waals surface area contributed by atoms with Gasteiger partial charge in [0.2, 0.25) is 11.8 Å². The summed E-state index contributed by atoms with van der Waals surface area (Å²) in [6.07, 6.45) is 3.61. The third-order valence-corrected chi connectivity index (χ3v) is 6.32. The third-order valence-electron chi connectivity index (χ3n) is 6.32. The molecule has 1 aliphatic carbocycles. The Bertz CT molecular complexity index is 821. The predicted octanol–water partition coefficient (Wildman–Crippen LogP) is 1.65. The molecule has 8 heteroatoms. The second-order valence-electron chi connectivity index (χ2n) is 8.14. The molecule has 3 amide bonds. The quantitative estimate of drug-likeness (QED) is 0.595. The van der Waals surface area contributed by atoms with Crippen LogP contribution in [-0.4, -0.2) is 65.7 Å². The van der Waals surface area contributed by atoms with E-state index in [1.165, 1.54) is 12.0 Å². The number of piperidine rings is 1. The van der Waals surface area contributed by atoms with Crippen LogP contribution in [0.2, 0.25) is 0 Å². The van der Waals surface area contributed by atoms with E-state index in [0.29, 0.717) is 26.1 Å². The first kappa shape index (κ1) is 19.4. The Balaban J connectivity index is 1.58. The number of benzene rings is 1. The first-order chi connectivity index (χ1) is 14.0. The van der Waals surface area contributed by atoms with E-state index >= 15 is 0 Å². The summed E-state index contributed by atoms with van der Waals surface area (Å²) in [5.74, 6) is -1.76. The SMILES string of the molecule is COC(=O)N1CC2(CC2)CC(C(=O)NO)C1C(=O)N1CC=C(c2ccccc2)C1. The molecule has 154 valence electrons. The highest BCUT2D eigenvalue weighted by Crippen LogP contribution is 2.55. The number of methoxy groups -OCH3 is 1. The van der Waals surface area contributed by atoms with Gasteiger partial charge >= 0.3 is 6.09 Å². The number of likely N-dealkylation sites (tertiary alicyclic amines) is 1. The molecule has 2 atom stereocenters. The van der Waals surface area contributed by atoms with Crippen LogP contribution in [-0.2, 0) is 14.3 Å². The van der Waals surface area contributed by atoms with Crippen molar-refractivity contribution in [2.24, 2.45) is 11.3 Å². The van der Waals surface area contributed by atoms with E-state index in [4.69, 9.17) is 4.74 Å². The second kappa shape index (κ2) is 7.51. The molecular formula is C21H25N3O5. The molecule has 1 spiro atoms. The van der Waals surface area contributed by atoms with E-state index in [1.54, 1.807) is 10.4 Å². The molecule has 2 heterocycles. The van der Waals surface area contributed by atoms with Crippen LogP contribution < -0.4 is 5.48 Å². The Kier molecular flexibility index (Phi) is 5.04. The van der Waals surface area contributed by atoms with Gasteiger partial charge in [0.05, 0.1) is 13.0 Å². The standard InChI is InChI=1S/C21H25N3O5/c1-29-20(27)24-13-21(8-9-21)11-16(18(25)22-28)17(24)19(26)23-10-7-15(12-23)14-5-3-2-4-6-14/h2-7,16-17,28H,8-13H2,1H3,(H,22,25). The van der Waals surface area contributed by atoms with E-state index in [9.17, 15) is 19.6 Å². The first-order valence-electron chi connectivity index (χ1n) is 9.80. The van der Waals surface area contributed by atoms with Crippen molar-refractivity contribution in [3.05, 3.63) is 42.0 Å². The maximum absolute atomic E-state index is 13.5. The number of carbonyl (C=O) groups excluding carboxylic acids is 3. The zero-order valence-corrected chi connectivity index (χ0v) is 16.3. The molecule has 2 N–H and O–H groups in total. The van der Waals surface area contributed by atoms with Gasteiger partial charge in [-0.25, -0.2) is 10.3 Å². The number of nitrogens with one attached hydrogen (secondary N) is 1. The summed E-state index contributed by atoms with van der Waals surface area (Å²) in [7, 11) is 1.27. The van der Waals surface area contributed by atoms with Crippen molar-refractivity contribution in [2.45, 2.75) is 25.3 Å². The number of amides is 3. The molecule has 0 bridgehead atoms. The first-order valence-corrected chi connectivity index (χ1v) is 9.80. The summed E-state index contributed by atoms with van der Waals surface area (Å²) in [5.41, 5.74) is 3.59. The summed E-state index contributed by atoms with van der Waals surface area (Å²) in [6.45, 7) is 1.21. The van der Waals surface area contributed by atoms with E-state index in [2.05, 4.69) is 0 Å². The monoisotopic (exact) mass is 399 g/mol. The Hall–Kier alpha value is -2.87. The van der Waals surface area contributed by atoms with Crippen molar-refractivity contribution in [3.8, 4) is 0 Å². The lowest BCUT2D eigenvalue weighted by atomic mass is 9.80. The fraction of sp³-hybridized carbons (Fsp3) is 0.476. The van der Waals surface area contributed by atoms with Crippen LogP contribution in [0.15, 0.2) is 36.4 Å². The van der Waals surface area contributed by atoms with Crippen molar-refractivity contribution in [1.82, 2.24) is 15.3 Å². The molecule has 1 saturated heterocycles. The van der Waals surface area contributed by atoms with Gasteiger partial charge in [-0.05, 0) is 35.8 Å². The van der Waals surface area contributed by atoms with Gasteiger partial charge in [0.1, 0.15) is 6.04 Å². The highest BCUT2D eigenvalue weighted by atomic mass is 16.5. The number of hydrogen-bond donors (Lipinski definition) is 2. The molecule has 29 heavy (non-hydrogen) atoms. The van der Waals surface area contributed by atoms with Crippen LogP contribution in [0.4, 0.5) is 4.79 Å². The number of rotatable bonds is 3. The van der Waals surface area contributed by atoms with E-state index < -0.39 is 24.0 Å².